The predicted octanol–water partition coefficient (Wildman–Crippen LogP) is 3.60. The number of hydrogen-bond donors (Lipinski definition) is 1. The number of aryl methyl sites for hydroxylation is 1. The molecule has 1 aromatic heterocycles. The summed E-state index contributed by atoms with van der Waals surface area (Å²) in [5.41, 5.74) is 0.813. The maximum absolute atomic E-state index is 13.2. The van der Waals surface area contributed by atoms with Crippen LogP contribution in [0.2, 0.25) is 0 Å². The molecule has 0 bridgehead atoms. The van der Waals surface area contributed by atoms with Crippen LogP contribution in [0.1, 0.15) is 37.7 Å². The molecule has 7 heteroatoms. The number of amides is 2. The number of carbonyl (C=O) groups excluding carboxylic acids is 2. The Morgan fingerprint density at radius 1 is 1.21 bits per heavy atom. The molecular formula is C22H27N3O4. The smallest absolute Gasteiger partial charge is 0.252 e. The van der Waals surface area contributed by atoms with Crippen LogP contribution in [-0.4, -0.2) is 37.0 Å². The Morgan fingerprint density at radius 2 is 1.97 bits per heavy atom. The SMILES string of the molecule is COc1cc(Oc2cc(N(C)C(=O)C3(NC=O)CCCCC3)ccn2)ccc1C. The number of aromatic nitrogens is 1. The maximum atomic E-state index is 13.2. The Morgan fingerprint density at radius 3 is 2.66 bits per heavy atom. The molecule has 0 aliphatic heterocycles. The van der Waals surface area contributed by atoms with Gasteiger partial charge >= 0.3 is 0 Å². The number of hydrogen-bond acceptors (Lipinski definition) is 5. The van der Waals surface area contributed by atoms with Crippen LogP contribution >= 0.6 is 0 Å². The van der Waals surface area contributed by atoms with Gasteiger partial charge in [0.1, 0.15) is 17.0 Å². The van der Waals surface area contributed by atoms with E-state index in [1.54, 1.807) is 43.5 Å². The Kier molecular flexibility index (Phi) is 6.36. The topological polar surface area (TPSA) is 80.8 Å². The first kappa shape index (κ1) is 20.6. The van der Waals surface area contributed by atoms with Crippen molar-refractivity contribution in [1.29, 1.82) is 0 Å². The second-order valence-electron chi connectivity index (χ2n) is 7.35. The van der Waals surface area contributed by atoms with Crippen LogP contribution in [0.25, 0.3) is 0 Å². The molecule has 0 atom stereocenters. The van der Waals surface area contributed by atoms with Gasteiger partial charge in [-0.15, -0.1) is 0 Å². The molecule has 1 saturated carbocycles. The Bertz CT molecular complexity index is 878. The predicted molar refractivity (Wildman–Crippen MR) is 110 cm³/mol. The van der Waals surface area contributed by atoms with Crippen molar-refractivity contribution < 1.29 is 19.1 Å². The second kappa shape index (κ2) is 8.94. The van der Waals surface area contributed by atoms with E-state index in [2.05, 4.69) is 10.3 Å². The molecule has 1 heterocycles. The molecular weight excluding hydrogens is 370 g/mol. The van der Waals surface area contributed by atoms with Gasteiger partial charge in [-0.25, -0.2) is 4.98 Å². The van der Waals surface area contributed by atoms with Gasteiger partial charge < -0.3 is 19.7 Å². The molecule has 1 aromatic carbocycles. The molecule has 154 valence electrons. The summed E-state index contributed by atoms with van der Waals surface area (Å²) in [6.45, 7) is 1.95. The van der Waals surface area contributed by atoms with E-state index < -0.39 is 5.54 Å². The number of methoxy groups -OCH3 is 1. The molecule has 0 spiro atoms. The highest BCUT2D eigenvalue weighted by Crippen LogP contribution is 2.32. The third-order valence-electron chi connectivity index (χ3n) is 5.46. The molecule has 2 aromatic rings. The zero-order valence-corrected chi connectivity index (χ0v) is 17.1. The molecule has 7 nitrogen and oxygen atoms in total. The van der Waals surface area contributed by atoms with Crippen LogP contribution < -0.4 is 19.7 Å². The monoisotopic (exact) mass is 397 g/mol. The Labute approximate surface area is 171 Å². The number of carbonyl (C=O) groups is 2. The molecule has 3 rings (SSSR count). The van der Waals surface area contributed by atoms with Crippen molar-refractivity contribution in [3.05, 3.63) is 42.1 Å². The number of pyridine rings is 1. The van der Waals surface area contributed by atoms with Crippen LogP contribution in [0, 0.1) is 6.92 Å². The van der Waals surface area contributed by atoms with Gasteiger partial charge in [-0.2, -0.15) is 0 Å². The van der Waals surface area contributed by atoms with Crippen molar-refractivity contribution in [3.63, 3.8) is 0 Å². The largest absolute Gasteiger partial charge is 0.496 e. The van der Waals surface area contributed by atoms with Crippen molar-refractivity contribution in [1.82, 2.24) is 10.3 Å². The maximum Gasteiger partial charge on any atom is 0.252 e. The fraction of sp³-hybridized carbons (Fsp3) is 0.409. The lowest BCUT2D eigenvalue weighted by Gasteiger charge is -2.38. The molecule has 1 N–H and O–H groups in total. The van der Waals surface area contributed by atoms with Crippen LogP contribution in [0.5, 0.6) is 17.4 Å². The Hall–Kier alpha value is -3.09. The first-order valence-electron chi connectivity index (χ1n) is 9.77. The van der Waals surface area contributed by atoms with Crippen molar-refractivity contribution in [2.45, 2.75) is 44.6 Å². The fourth-order valence-electron chi connectivity index (χ4n) is 3.77. The van der Waals surface area contributed by atoms with E-state index in [-0.39, 0.29) is 5.91 Å². The Balaban J connectivity index is 1.81. The summed E-state index contributed by atoms with van der Waals surface area (Å²) in [7, 11) is 3.32. The van der Waals surface area contributed by atoms with Gasteiger partial charge in [0, 0.05) is 25.4 Å². The van der Waals surface area contributed by atoms with E-state index in [1.165, 1.54) is 0 Å². The highest BCUT2D eigenvalue weighted by atomic mass is 16.5. The van der Waals surface area contributed by atoms with Crippen LogP contribution in [0.3, 0.4) is 0 Å². The minimum absolute atomic E-state index is 0.126. The van der Waals surface area contributed by atoms with Crippen LogP contribution in [0.4, 0.5) is 5.69 Å². The van der Waals surface area contributed by atoms with Crippen LogP contribution in [0.15, 0.2) is 36.5 Å². The van der Waals surface area contributed by atoms with Crippen molar-refractivity contribution in [2.75, 3.05) is 19.1 Å². The molecule has 0 unspecified atom stereocenters. The lowest BCUT2D eigenvalue weighted by Crippen LogP contribution is -2.58. The number of nitrogens with one attached hydrogen (secondary N) is 1. The molecule has 2 amide bonds. The number of benzene rings is 1. The minimum atomic E-state index is -0.844. The quantitative estimate of drug-likeness (QED) is 0.722. The number of rotatable bonds is 7. The van der Waals surface area contributed by atoms with Gasteiger partial charge in [0.2, 0.25) is 12.3 Å². The van der Waals surface area contributed by atoms with Crippen molar-refractivity contribution in [2.24, 2.45) is 0 Å². The summed E-state index contributed by atoms with van der Waals surface area (Å²) >= 11 is 0. The summed E-state index contributed by atoms with van der Waals surface area (Å²) in [4.78, 5) is 30.2. The minimum Gasteiger partial charge on any atom is -0.496 e. The van der Waals surface area contributed by atoms with Gasteiger partial charge in [-0.3, -0.25) is 9.59 Å². The average molecular weight is 397 g/mol. The zero-order chi connectivity index (χ0) is 20.9. The fourth-order valence-corrected chi connectivity index (χ4v) is 3.77. The van der Waals surface area contributed by atoms with Gasteiger partial charge in [-0.05, 0) is 37.5 Å². The third-order valence-corrected chi connectivity index (χ3v) is 5.46. The summed E-state index contributed by atoms with van der Waals surface area (Å²) in [6.07, 6.45) is 6.43. The zero-order valence-electron chi connectivity index (χ0n) is 17.1. The van der Waals surface area contributed by atoms with Gasteiger partial charge in [-0.1, -0.05) is 25.3 Å². The second-order valence-corrected chi connectivity index (χ2v) is 7.35. The molecule has 0 saturated heterocycles. The van der Waals surface area contributed by atoms with E-state index >= 15 is 0 Å². The van der Waals surface area contributed by atoms with E-state index in [1.807, 2.05) is 19.1 Å². The molecule has 1 aliphatic carbocycles. The van der Waals surface area contributed by atoms with E-state index in [0.29, 0.717) is 36.6 Å². The number of nitrogens with zero attached hydrogens (tertiary/aromatic N) is 2. The molecule has 0 radical (unpaired) electrons. The lowest BCUT2D eigenvalue weighted by molar-refractivity contribution is -0.129. The van der Waals surface area contributed by atoms with E-state index in [4.69, 9.17) is 9.47 Å². The highest BCUT2D eigenvalue weighted by molar-refractivity contribution is 6.01. The van der Waals surface area contributed by atoms with Gasteiger partial charge in [0.05, 0.1) is 12.8 Å². The van der Waals surface area contributed by atoms with E-state index in [0.717, 1.165) is 30.6 Å². The number of likely N-dealkylation sites (N-methyl/N-ethyl adjacent to an activating group) is 1. The third kappa shape index (κ3) is 4.50. The molecule has 1 fully saturated rings. The standard InChI is InChI=1S/C22H27N3O4/c1-16-7-8-18(14-19(16)28-3)29-20-13-17(9-12-23-20)25(2)21(27)22(24-15-26)10-5-4-6-11-22/h7-9,12-15H,4-6,10-11H2,1-3H3,(H,24,26). The highest BCUT2D eigenvalue weighted by Gasteiger charge is 2.41. The number of anilines is 1. The normalized spacial score (nSPS) is 15.3. The lowest BCUT2D eigenvalue weighted by atomic mass is 9.80. The van der Waals surface area contributed by atoms with Gasteiger partial charge in [0.15, 0.2) is 0 Å². The summed E-state index contributed by atoms with van der Waals surface area (Å²) in [6, 6.07) is 9.00. The van der Waals surface area contributed by atoms with Gasteiger partial charge in [0.25, 0.3) is 5.91 Å². The molecule has 1 aliphatic rings. The average Bonchev–Trinajstić information content (AvgIpc) is 2.75. The molecule has 29 heavy (non-hydrogen) atoms. The van der Waals surface area contributed by atoms with E-state index in [9.17, 15) is 9.59 Å². The number of ether oxygens (including phenoxy) is 2. The summed E-state index contributed by atoms with van der Waals surface area (Å²) in [5, 5.41) is 2.79. The summed E-state index contributed by atoms with van der Waals surface area (Å²) < 4.78 is 11.2. The first-order valence-corrected chi connectivity index (χ1v) is 9.77. The first-order chi connectivity index (χ1) is 14.0. The van der Waals surface area contributed by atoms with Crippen molar-refractivity contribution >= 4 is 18.0 Å². The van der Waals surface area contributed by atoms with Crippen molar-refractivity contribution in [3.8, 4) is 17.4 Å². The summed E-state index contributed by atoms with van der Waals surface area (Å²) in [5.74, 6) is 1.56. The van der Waals surface area contributed by atoms with Crippen LogP contribution in [-0.2, 0) is 9.59 Å².